The van der Waals surface area contributed by atoms with Crippen molar-refractivity contribution in [2.75, 3.05) is 6.61 Å². The molecule has 0 fully saturated rings. The fourth-order valence-corrected chi connectivity index (χ4v) is 1.59. The van der Waals surface area contributed by atoms with Gasteiger partial charge in [-0.1, -0.05) is 13.8 Å². The van der Waals surface area contributed by atoms with Crippen LogP contribution in [0.1, 0.15) is 43.2 Å². The zero-order chi connectivity index (χ0) is 14.6. The Balaban J connectivity index is 3.09. The lowest BCUT2D eigenvalue weighted by Crippen LogP contribution is -2.20. The van der Waals surface area contributed by atoms with Gasteiger partial charge in [0, 0.05) is 6.54 Å². The molecule has 1 aromatic rings. The highest BCUT2D eigenvalue weighted by molar-refractivity contribution is 5.90. The van der Waals surface area contributed by atoms with E-state index < -0.39 is 23.4 Å². The van der Waals surface area contributed by atoms with E-state index in [2.05, 4.69) is 9.84 Å². The summed E-state index contributed by atoms with van der Waals surface area (Å²) in [7, 11) is 0. The maximum absolute atomic E-state index is 13.0. The van der Waals surface area contributed by atoms with Gasteiger partial charge >= 0.3 is 12.1 Å². The summed E-state index contributed by atoms with van der Waals surface area (Å²) in [6, 6.07) is 0. The Labute approximate surface area is 109 Å². The molecular weight excluding hydrogens is 261 g/mol. The zero-order valence-electron chi connectivity index (χ0n) is 11.1. The first-order valence-corrected chi connectivity index (χ1v) is 6.07. The fraction of sp³-hybridized carbons (Fsp3) is 0.667. The van der Waals surface area contributed by atoms with E-state index in [1.54, 1.807) is 0 Å². The second kappa shape index (κ2) is 6.08. The first-order valence-electron chi connectivity index (χ1n) is 6.07. The Morgan fingerprint density at radius 3 is 2.58 bits per heavy atom. The van der Waals surface area contributed by atoms with E-state index >= 15 is 0 Å². The third kappa shape index (κ3) is 3.97. The van der Waals surface area contributed by atoms with Crippen LogP contribution in [0.25, 0.3) is 0 Å². The van der Waals surface area contributed by atoms with Crippen molar-refractivity contribution in [2.24, 2.45) is 5.92 Å². The van der Waals surface area contributed by atoms with Crippen LogP contribution >= 0.6 is 0 Å². The SMILES string of the molecule is CCOC(=O)c1cnn(CCC(C)C)c1C(F)(F)F. The number of rotatable bonds is 5. The molecule has 0 aromatic carbocycles. The molecule has 108 valence electrons. The average molecular weight is 278 g/mol. The van der Waals surface area contributed by atoms with Crippen molar-refractivity contribution in [3.8, 4) is 0 Å². The summed E-state index contributed by atoms with van der Waals surface area (Å²) in [5.74, 6) is -0.748. The van der Waals surface area contributed by atoms with E-state index in [0.717, 1.165) is 10.9 Å². The van der Waals surface area contributed by atoms with E-state index in [-0.39, 0.29) is 19.1 Å². The van der Waals surface area contributed by atoms with Gasteiger partial charge in [-0.2, -0.15) is 18.3 Å². The molecule has 0 bridgehead atoms. The van der Waals surface area contributed by atoms with E-state index in [1.165, 1.54) is 6.92 Å². The molecule has 0 unspecified atom stereocenters. The quantitative estimate of drug-likeness (QED) is 0.777. The summed E-state index contributed by atoms with van der Waals surface area (Å²) in [6.07, 6.45) is -3.16. The first-order chi connectivity index (χ1) is 8.77. The molecule has 1 aromatic heterocycles. The van der Waals surface area contributed by atoms with Gasteiger partial charge < -0.3 is 4.74 Å². The summed E-state index contributed by atoms with van der Waals surface area (Å²) < 4.78 is 44.4. The Morgan fingerprint density at radius 1 is 1.47 bits per heavy atom. The van der Waals surface area contributed by atoms with Crippen molar-refractivity contribution in [2.45, 2.75) is 39.9 Å². The molecule has 0 atom stereocenters. The van der Waals surface area contributed by atoms with Gasteiger partial charge in [0.05, 0.1) is 12.8 Å². The lowest BCUT2D eigenvalue weighted by atomic mass is 10.1. The normalized spacial score (nSPS) is 11.9. The van der Waals surface area contributed by atoms with Crippen LogP contribution in [0.3, 0.4) is 0 Å². The second-order valence-corrected chi connectivity index (χ2v) is 4.53. The van der Waals surface area contributed by atoms with Gasteiger partial charge in [-0.05, 0) is 19.3 Å². The van der Waals surface area contributed by atoms with Crippen LogP contribution in [0.5, 0.6) is 0 Å². The average Bonchev–Trinajstić information content (AvgIpc) is 2.70. The van der Waals surface area contributed by atoms with Gasteiger partial charge in [-0.15, -0.1) is 0 Å². The predicted molar refractivity (Wildman–Crippen MR) is 62.6 cm³/mol. The highest BCUT2D eigenvalue weighted by atomic mass is 19.4. The highest BCUT2D eigenvalue weighted by Gasteiger charge is 2.40. The minimum Gasteiger partial charge on any atom is -0.462 e. The van der Waals surface area contributed by atoms with Gasteiger partial charge in [-0.3, -0.25) is 4.68 Å². The lowest BCUT2D eigenvalue weighted by Gasteiger charge is -2.13. The molecule has 0 aliphatic carbocycles. The predicted octanol–water partition coefficient (Wildman–Crippen LogP) is 3.12. The van der Waals surface area contributed by atoms with E-state index in [9.17, 15) is 18.0 Å². The molecule has 0 radical (unpaired) electrons. The molecule has 0 N–H and O–H groups in total. The number of carbonyl (C=O) groups excluding carboxylic acids is 1. The topological polar surface area (TPSA) is 44.1 Å². The third-order valence-corrected chi connectivity index (χ3v) is 2.52. The molecule has 1 heterocycles. The van der Waals surface area contributed by atoms with Gasteiger partial charge in [0.1, 0.15) is 5.56 Å². The van der Waals surface area contributed by atoms with Crippen molar-refractivity contribution in [3.05, 3.63) is 17.5 Å². The fourth-order valence-electron chi connectivity index (χ4n) is 1.59. The number of carbonyl (C=O) groups is 1. The summed E-state index contributed by atoms with van der Waals surface area (Å²) >= 11 is 0. The largest absolute Gasteiger partial charge is 0.462 e. The van der Waals surface area contributed by atoms with E-state index in [1.807, 2.05) is 13.8 Å². The summed E-state index contributed by atoms with van der Waals surface area (Å²) in [5, 5.41) is 3.65. The van der Waals surface area contributed by atoms with Crippen molar-refractivity contribution >= 4 is 5.97 Å². The van der Waals surface area contributed by atoms with Gasteiger partial charge in [0.25, 0.3) is 0 Å². The number of esters is 1. The molecule has 1 rings (SSSR count). The van der Waals surface area contributed by atoms with Crippen molar-refractivity contribution in [3.63, 3.8) is 0 Å². The number of hydrogen-bond donors (Lipinski definition) is 0. The van der Waals surface area contributed by atoms with Gasteiger partial charge in [-0.25, -0.2) is 4.79 Å². The van der Waals surface area contributed by atoms with Crippen molar-refractivity contribution in [1.29, 1.82) is 0 Å². The number of ether oxygens (including phenoxy) is 1. The van der Waals surface area contributed by atoms with Crippen molar-refractivity contribution < 1.29 is 22.7 Å². The summed E-state index contributed by atoms with van der Waals surface area (Å²) in [6.45, 7) is 5.49. The molecule has 7 heteroatoms. The third-order valence-electron chi connectivity index (χ3n) is 2.52. The molecule has 0 aliphatic heterocycles. The van der Waals surface area contributed by atoms with Gasteiger partial charge in [0.15, 0.2) is 5.69 Å². The standard InChI is InChI=1S/C12H17F3N2O2/c1-4-19-11(18)9-7-16-17(6-5-8(2)3)10(9)12(13,14)15/h7-8H,4-6H2,1-3H3. The molecule has 0 spiro atoms. The molecular formula is C12H17F3N2O2. The maximum Gasteiger partial charge on any atom is 0.433 e. The minimum atomic E-state index is -4.63. The molecule has 0 amide bonds. The molecule has 0 aliphatic rings. The van der Waals surface area contributed by atoms with Crippen LogP contribution < -0.4 is 0 Å². The Bertz CT molecular complexity index is 439. The number of aromatic nitrogens is 2. The van der Waals surface area contributed by atoms with Crippen LogP contribution in [-0.4, -0.2) is 22.4 Å². The van der Waals surface area contributed by atoms with Crippen molar-refractivity contribution in [1.82, 2.24) is 9.78 Å². The summed E-state index contributed by atoms with van der Waals surface area (Å²) in [4.78, 5) is 11.5. The minimum absolute atomic E-state index is 0.0211. The van der Waals surface area contributed by atoms with Crippen LogP contribution in [0.2, 0.25) is 0 Å². The number of alkyl halides is 3. The van der Waals surface area contributed by atoms with E-state index in [0.29, 0.717) is 6.42 Å². The van der Waals surface area contributed by atoms with Gasteiger partial charge in [0.2, 0.25) is 0 Å². The second-order valence-electron chi connectivity index (χ2n) is 4.53. The Morgan fingerprint density at radius 2 is 2.11 bits per heavy atom. The number of halogens is 3. The molecule has 4 nitrogen and oxygen atoms in total. The first kappa shape index (κ1) is 15.5. The maximum atomic E-state index is 13.0. The van der Waals surface area contributed by atoms with Crippen LogP contribution in [0, 0.1) is 5.92 Å². The number of aryl methyl sites for hydroxylation is 1. The van der Waals surface area contributed by atoms with Crippen LogP contribution in [-0.2, 0) is 17.5 Å². The smallest absolute Gasteiger partial charge is 0.433 e. The highest BCUT2D eigenvalue weighted by Crippen LogP contribution is 2.32. The zero-order valence-corrected chi connectivity index (χ0v) is 11.1. The monoisotopic (exact) mass is 278 g/mol. The molecule has 19 heavy (non-hydrogen) atoms. The number of hydrogen-bond acceptors (Lipinski definition) is 3. The number of nitrogens with zero attached hydrogens (tertiary/aromatic N) is 2. The van der Waals surface area contributed by atoms with E-state index in [4.69, 9.17) is 0 Å². The molecule has 0 saturated carbocycles. The lowest BCUT2D eigenvalue weighted by molar-refractivity contribution is -0.144. The Kier molecular flexibility index (Phi) is 4.97. The van der Waals surface area contributed by atoms with Crippen LogP contribution in [0.4, 0.5) is 13.2 Å². The summed E-state index contributed by atoms with van der Waals surface area (Å²) in [5.41, 5.74) is -1.57. The molecule has 0 saturated heterocycles. The van der Waals surface area contributed by atoms with Crippen LogP contribution in [0.15, 0.2) is 6.20 Å². The Hall–Kier alpha value is -1.53.